The molecule has 1 amide bonds. The number of carboxylic acid groups (broad SMARTS) is 1. The maximum Gasteiger partial charge on any atom is 0.328 e. The maximum absolute atomic E-state index is 11.9. The Morgan fingerprint density at radius 1 is 1.45 bits per heavy atom. The summed E-state index contributed by atoms with van der Waals surface area (Å²) in [4.78, 5) is 35.8. The molecule has 7 heteroatoms. The number of rotatable bonds is 5. The van der Waals surface area contributed by atoms with E-state index in [1.807, 2.05) is 0 Å². The largest absolute Gasteiger partial charge is 0.480 e. The zero-order valence-electron chi connectivity index (χ0n) is 12.2. The van der Waals surface area contributed by atoms with Crippen molar-refractivity contribution in [2.75, 3.05) is 20.3 Å². The van der Waals surface area contributed by atoms with Crippen LogP contribution in [0.3, 0.4) is 0 Å². The highest BCUT2D eigenvalue weighted by molar-refractivity contribution is 5.90. The van der Waals surface area contributed by atoms with E-state index in [4.69, 9.17) is 4.74 Å². The van der Waals surface area contributed by atoms with E-state index in [-0.39, 0.29) is 25.5 Å². The van der Waals surface area contributed by atoms with Crippen molar-refractivity contribution in [3.05, 3.63) is 0 Å². The number of likely N-dealkylation sites (tertiary alicyclic amines) is 1. The van der Waals surface area contributed by atoms with Crippen molar-refractivity contribution in [1.82, 2.24) is 4.90 Å². The van der Waals surface area contributed by atoms with Gasteiger partial charge in [-0.3, -0.25) is 9.59 Å². The molecule has 1 unspecified atom stereocenters. The van der Waals surface area contributed by atoms with Crippen LogP contribution in [0, 0.1) is 5.92 Å². The Labute approximate surface area is 117 Å². The Morgan fingerprint density at radius 2 is 2.05 bits per heavy atom. The Balaban J connectivity index is 2.75. The van der Waals surface area contributed by atoms with Gasteiger partial charge in [-0.05, 0) is 20.8 Å². The third kappa shape index (κ3) is 4.19. The van der Waals surface area contributed by atoms with E-state index >= 15 is 0 Å². The van der Waals surface area contributed by atoms with Crippen LogP contribution in [0.2, 0.25) is 0 Å². The summed E-state index contributed by atoms with van der Waals surface area (Å²) in [6, 6.07) is -1.09. The molecule has 1 aliphatic rings. The molecule has 1 aliphatic heterocycles. The molecule has 0 aliphatic carbocycles. The molecule has 1 fully saturated rings. The predicted molar refractivity (Wildman–Crippen MR) is 69.0 cm³/mol. The van der Waals surface area contributed by atoms with E-state index in [1.165, 1.54) is 12.0 Å². The Kier molecular flexibility index (Phi) is 5.10. The quantitative estimate of drug-likeness (QED) is 0.730. The third-order valence-electron chi connectivity index (χ3n) is 3.03. The molecule has 0 radical (unpaired) electrons. The van der Waals surface area contributed by atoms with E-state index in [0.717, 1.165) is 0 Å². The summed E-state index contributed by atoms with van der Waals surface area (Å²) < 4.78 is 10.0. The first-order valence-corrected chi connectivity index (χ1v) is 6.39. The molecule has 1 heterocycles. The molecule has 0 saturated carbocycles. The number of methoxy groups -OCH3 is 1. The molecule has 2 atom stereocenters. The molecule has 1 N–H and O–H groups in total. The van der Waals surface area contributed by atoms with Crippen molar-refractivity contribution in [3.8, 4) is 0 Å². The highest BCUT2D eigenvalue weighted by atomic mass is 16.5. The molecule has 7 nitrogen and oxygen atoms in total. The average Bonchev–Trinajstić information content (AvgIpc) is 2.69. The van der Waals surface area contributed by atoms with Crippen LogP contribution in [0.15, 0.2) is 0 Å². The van der Waals surface area contributed by atoms with E-state index in [1.54, 1.807) is 20.8 Å². The number of ether oxygens (including phenoxy) is 2. The third-order valence-corrected chi connectivity index (χ3v) is 3.03. The topological polar surface area (TPSA) is 93.1 Å². The summed E-state index contributed by atoms with van der Waals surface area (Å²) in [5, 5.41) is 9.24. The average molecular weight is 287 g/mol. The minimum atomic E-state index is -1.15. The molecule has 20 heavy (non-hydrogen) atoms. The van der Waals surface area contributed by atoms with Gasteiger partial charge in [-0.1, -0.05) is 0 Å². The lowest BCUT2D eigenvalue weighted by Crippen LogP contribution is -2.46. The van der Waals surface area contributed by atoms with Crippen molar-refractivity contribution in [2.24, 2.45) is 5.92 Å². The molecule has 0 aromatic carbocycles. The highest BCUT2D eigenvalue weighted by Gasteiger charge is 2.41. The fraction of sp³-hybridized carbons (Fsp3) is 0.769. The van der Waals surface area contributed by atoms with Gasteiger partial charge in [0, 0.05) is 13.0 Å². The summed E-state index contributed by atoms with van der Waals surface area (Å²) in [5.74, 6) is -2.62. The molecule has 0 spiro atoms. The van der Waals surface area contributed by atoms with Gasteiger partial charge in [-0.2, -0.15) is 0 Å². The number of carbonyl (C=O) groups is 3. The zero-order chi connectivity index (χ0) is 15.5. The minimum Gasteiger partial charge on any atom is -0.480 e. The number of esters is 1. The standard InChI is InChI=1S/C13H21NO6/c1-13(2,3)20-7-9(11(16)17)14-6-8(5-10(14)15)12(18)19-4/h8-9H,5-7H2,1-4H3,(H,16,17)/t8?,9-/m0/s1. The van der Waals surface area contributed by atoms with Gasteiger partial charge in [-0.15, -0.1) is 0 Å². The second-order valence-corrected chi connectivity index (χ2v) is 5.75. The van der Waals surface area contributed by atoms with Gasteiger partial charge >= 0.3 is 11.9 Å². The molecule has 0 aromatic heterocycles. The van der Waals surface area contributed by atoms with Crippen molar-refractivity contribution in [1.29, 1.82) is 0 Å². The number of hydrogen-bond donors (Lipinski definition) is 1. The number of aliphatic carboxylic acids is 1. The number of carboxylic acids is 1. The molecular formula is C13H21NO6. The van der Waals surface area contributed by atoms with Crippen LogP contribution in [0.4, 0.5) is 0 Å². The summed E-state index contributed by atoms with van der Waals surface area (Å²) >= 11 is 0. The van der Waals surface area contributed by atoms with E-state index in [9.17, 15) is 19.5 Å². The van der Waals surface area contributed by atoms with Gasteiger partial charge in [0.05, 0.1) is 25.2 Å². The highest BCUT2D eigenvalue weighted by Crippen LogP contribution is 2.22. The monoisotopic (exact) mass is 287 g/mol. The zero-order valence-corrected chi connectivity index (χ0v) is 12.2. The fourth-order valence-electron chi connectivity index (χ4n) is 1.98. The van der Waals surface area contributed by atoms with E-state index in [2.05, 4.69) is 4.74 Å². The lowest BCUT2D eigenvalue weighted by molar-refractivity contribution is -0.153. The van der Waals surface area contributed by atoms with Crippen molar-refractivity contribution < 1.29 is 29.0 Å². The van der Waals surface area contributed by atoms with Crippen LogP contribution >= 0.6 is 0 Å². The molecule has 1 rings (SSSR count). The van der Waals surface area contributed by atoms with Gasteiger partial charge in [0.1, 0.15) is 0 Å². The van der Waals surface area contributed by atoms with Crippen LogP contribution in [0.25, 0.3) is 0 Å². The number of amides is 1. The van der Waals surface area contributed by atoms with Gasteiger partial charge in [0.25, 0.3) is 0 Å². The van der Waals surface area contributed by atoms with Crippen LogP contribution in [0.5, 0.6) is 0 Å². The SMILES string of the molecule is COC(=O)C1CC(=O)N([C@@H](COC(C)(C)C)C(=O)O)C1. The smallest absolute Gasteiger partial charge is 0.328 e. The summed E-state index contributed by atoms with van der Waals surface area (Å²) in [6.07, 6.45) is -0.0219. The van der Waals surface area contributed by atoms with Crippen molar-refractivity contribution in [3.63, 3.8) is 0 Å². The lowest BCUT2D eigenvalue weighted by atomic mass is 10.1. The minimum absolute atomic E-state index is 0.0219. The summed E-state index contributed by atoms with van der Waals surface area (Å²) in [5.41, 5.74) is -0.502. The van der Waals surface area contributed by atoms with Crippen LogP contribution in [-0.4, -0.2) is 59.8 Å². The molecule has 114 valence electrons. The predicted octanol–water partition coefficient (Wildman–Crippen LogP) is 0.276. The number of hydrogen-bond acceptors (Lipinski definition) is 5. The Morgan fingerprint density at radius 3 is 2.50 bits per heavy atom. The lowest BCUT2D eigenvalue weighted by Gasteiger charge is -2.28. The molecule has 1 saturated heterocycles. The normalized spacial score (nSPS) is 20.9. The van der Waals surface area contributed by atoms with E-state index in [0.29, 0.717) is 0 Å². The first-order chi connectivity index (χ1) is 9.15. The molecule has 0 aromatic rings. The van der Waals surface area contributed by atoms with Crippen molar-refractivity contribution in [2.45, 2.75) is 38.8 Å². The van der Waals surface area contributed by atoms with Gasteiger partial charge in [0.2, 0.25) is 5.91 Å². The van der Waals surface area contributed by atoms with Crippen molar-refractivity contribution >= 4 is 17.8 Å². The summed E-state index contributed by atoms with van der Waals surface area (Å²) in [7, 11) is 1.24. The number of carbonyl (C=O) groups excluding carboxylic acids is 2. The van der Waals surface area contributed by atoms with Gasteiger partial charge in [-0.25, -0.2) is 4.79 Å². The number of nitrogens with zero attached hydrogens (tertiary/aromatic N) is 1. The second-order valence-electron chi connectivity index (χ2n) is 5.75. The van der Waals surface area contributed by atoms with Crippen LogP contribution in [-0.2, 0) is 23.9 Å². The molecule has 0 bridgehead atoms. The second kappa shape index (κ2) is 6.21. The maximum atomic E-state index is 11.9. The Hall–Kier alpha value is -1.63. The van der Waals surface area contributed by atoms with Crippen LogP contribution in [0.1, 0.15) is 27.2 Å². The molecular weight excluding hydrogens is 266 g/mol. The van der Waals surface area contributed by atoms with E-state index < -0.39 is 29.5 Å². The first-order valence-electron chi connectivity index (χ1n) is 6.39. The first kappa shape index (κ1) is 16.4. The van der Waals surface area contributed by atoms with Gasteiger partial charge in [0.15, 0.2) is 6.04 Å². The Bertz CT molecular complexity index is 400. The van der Waals surface area contributed by atoms with Crippen LogP contribution < -0.4 is 0 Å². The fourth-order valence-corrected chi connectivity index (χ4v) is 1.98. The van der Waals surface area contributed by atoms with Gasteiger partial charge < -0.3 is 19.5 Å². The summed E-state index contributed by atoms with van der Waals surface area (Å²) in [6.45, 7) is 5.34.